The Hall–Kier alpha value is -2.63. The minimum Gasteiger partial charge on any atom is -0.508 e. The third-order valence-corrected chi connectivity index (χ3v) is 5.03. The van der Waals surface area contributed by atoms with Crippen LogP contribution in [0.15, 0.2) is 42.7 Å². The number of hydrogen-bond acceptors (Lipinski definition) is 5. The average Bonchev–Trinajstić information content (AvgIpc) is 3.44. The number of aromatic nitrogens is 2. The molecule has 1 saturated heterocycles. The van der Waals surface area contributed by atoms with Gasteiger partial charge in [-0.1, -0.05) is 12.1 Å². The van der Waals surface area contributed by atoms with E-state index in [9.17, 15) is 9.90 Å². The van der Waals surface area contributed by atoms with E-state index in [-0.39, 0.29) is 29.5 Å². The Morgan fingerprint density at radius 2 is 2.08 bits per heavy atom. The zero-order chi connectivity index (χ0) is 17.2. The third kappa shape index (κ3) is 3.57. The van der Waals surface area contributed by atoms with Gasteiger partial charge in [0.05, 0.1) is 0 Å². The quantitative estimate of drug-likeness (QED) is 0.892. The van der Waals surface area contributed by atoms with E-state index in [1.165, 1.54) is 0 Å². The fraction of sp³-hybridized carbons (Fsp3) is 0.421. The third-order valence-electron chi connectivity index (χ3n) is 5.03. The molecule has 130 valence electrons. The summed E-state index contributed by atoms with van der Waals surface area (Å²) >= 11 is 0. The summed E-state index contributed by atoms with van der Waals surface area (Å²) in [6.45, 7) is 1.67. The Labute approximate surface area is 146 Å². The van der Waals surface area contributed by atoms with Crippen molar-refractivity contribution in [2.24, 2.45) is 5.92 Å². The summed E-state index contributed by atoms with van der Waals surface area (Å²) in [5.74, 6) is 1.35. The SMILES string of the molecule is O=C(N[C@@H]1CCCN(c2ncccn2)C1)[C@H]1C[C@@H]1c1cccc(O)c1. The number of nitrogens with zero attached hydrogens (tertiary/aromatic N) is 3. The minimum atomic E-state index is 0.0187. The lowest BCUT2D eigenvalue weighted by Gasteiger charge is -2.33. The topological polar surface area (TPSA) is 78.4 Å². The summed E-state index contributed by atoms with van der Waals surface area (Å²) < 4.78 is 0. The molecule has 1 amide bonds. The number of rotatable bonds is 4. The molecule has 2 aromatic rings. The van der Waals surface area contributed by atoms with Gasteiger partial charge >= 0.3 is 0 Å². The Bertz CT molecular complexity index is 752. The first-order valence-corrected chi connectivity index (χ1v) is 8.82. The van der Waals surface area contributed by atoms with Gasteiger partial charge in [0, 0.05) is 37.4 Å². The number of hydrogen-bond donors (Lipinski definition) is 2. The number of piperidine rings is 1. The largest absolute Gasteiger partial charge is 0.508 e. The van der Waals surface area contributed by atoms with Crippen LogP contribution in [0.1, 0.15) is 30.7 Å². The summed E-state index contributed by atoms with van der Waals surface area (Å²) in [7, 11) is 0. The number of phenols is 1. The highest BCUT2D eigenvalue weighted by atomic mass is 16.3. The second-order valence-electron chi connectivity index (χ2n) is 6.89. The van der Waals surface area contributed by atoms with Crippen molar-refractivity contribution >= 4 is 11.9 Å². The summed E-state index contributed by atoms with van der Waals surface area (Å²) in [6, 6.07) is 9.16. The van der Waals surface area contributed by atoms with E-state index in [0.717, 1.165) is 43.9 Å². The Balaban J connectivity index is 1.34. The smallest absolute Gasteiger partial charge is 0.225 e. The highest BCUT2D eigenvalue weighted by Gasteiger charge is 2.44. The number of phenolic OH excluding ortho intramolecular Hbond substituents is 1. The number of aromatic hydroxyl groups is 1. The van der Waals surface area contributed by atoms with Gasteiger partial charge in [-0.05, 0) is 48.9 Å². The van der Waals surface area contributed by atoms with Crippen molar-refractivity contribution in [1.82, 2.24) is 15.3 Å². The van der Waals surface area contributed by atoms with E-state index < -0.39 is 0 Å². The van der Waals surface area contributed by atoms with Gasteiger partial charge in [0.1, 0.15) is 5.75 Å². The Morgan fingerprint density at radius 3 is 2.88 bits per heavy atom. The van der Waals surface area contributed by atoms with Crippen molar-refractivity contribution in [3.8, 4) is 5.75 Å². The normalized spacial score (nSPS) is 25.4. The summed E-state index contributed by atoms with van der Waals surface area (Å²) in [5.41, 5.74) is 1.04. The first-order chi connectivity index (χ1) is 12.2. The molecule has 2 N–H and O–H groups in total. The molecule has 2 heterocycles. The molecule has 1 aromatic heterocycles. The van der Waals surface area contributed by atoms with Crippen molar-refractivity contribution in [1.29, 1.82) is 0 Å². The molecule has 0 radical (unpaired) electrons. The van der Waals surface area contributed by atoms with Crippen LogP contribution in [0.25, 0.3) is 0 Å². The van der Waals surface area contributed by atoms with Gasteiger partial charge in [0.15, 0.2) is 0 Å². The highest BCUT2D eigenvalue weighted by Crippen LogP contribution is 2.48. The zero-order valence-corrected chi connectivity index (χ0v) is 14.0. The van der Waals surface area contributed by atoms with Crippen molar-refractivity contribution in [2.75, 3.05) is 18.0 Å². The van der Waals surface area contributed by atoms with Crippen LogP contribution in [0.2, 0.25) is 0 Å². The van der Waals surface area contributed by atoms with Gasteiger partial charge in [-0.3, -0.25) is 4.79 Å². The van der Waals surface area contributed by atoms with E-state index >= 15 is 0 Å². The molecule has 25 heavy (non-hydrogen) atoms. The summed E-state index contributed by atoms with van der Waals surface area (Å²) in [6.07, 6.45) is 6.35. The molecule has 1 aliphatic carbocycles. The molecule has 0 spiro atoms. The molecule has 3 atom stereocenters. The first kappa shape index (κ1) is 15.9. The second kappa shape index (κ2) is 6.70. The molecule has 2 aliphatic rings. The molecular formula is C19H22N4O2. The average molecular weight is 338 g/mol. The van der Waals surface area contributed by atoms with Crippen molar-refractivity contribution in [3.05, 3.63) is 48.3 Å². The lowest BCUT2D eigenvalue weighted by Crippen LogP contribution is -2.48. The highest BCUT2D eigenvalue weighted by molar-refractivity contribution is 5.83. The number of carbonyl (C=O) groups is 1. The summed E-state index contributed by atoms with van der Waals surface area (Å²) in [4.78, 5) is 23.3. The van der Waals surface area contributed by atoms with Gasteiger partial charge in [-0.15, -0.1) is 0 Å². The molecule has 0 unspecified atom stereocenters. The van der Waals surface area contributed by atoms with Crippen LogP contribution in [0, 0.1) is 5.92 Å². The van der Waals surface area contributed by atoms with Crippen LogP contribution in [-0.2, 0) is 4.79 Å². The van der Waals surface area contributed by atoms with Gasteiger partial charge in [0.2, 0.25) is 11.9 Å². The van der Waals surface area contributed by atoms with Gasteiger partial charge < -0.3 is 15.3 Å². The Kier molecular flexibility index (Phi) is 4.26. The molecular weight excluding hydrogens is 316 g/mol. The molecule has 0 bridgehead atoms. The maximum Gasteiger partial charge on any atom is 0.225 e. The lowest BCUT2D eigenvalue weighted by atomic mass is 10.0. The maximum absolute atomic E-state index is 12.6. The molecule has 4 rings (SSSR count). The van der Waals surface area contributed by atoms with Crippen molar-refractivity contribution in [3.63, 3.8) is 0 Å². The standard InChI is InChI=1S/C19H22N4O2/c24-15-6-1-4-13(10-15)16-11-17(16)18(25)22-14-5-2-9-23(12-14)19-20-7-3-8-21-19/h1,3-4,6-8,10,14,16-17,24H,2,5,9,11-12H2,(H,22,25)/t14-,16-,17+/m1/s1. The number of benzene rings is 1. The zero-order valence-electron chi connectivity index (χ0n) is 14.0. The van der Waals surface area contributed by atoms with Crippen LogP contribution in [-0.4, -0.2) is 40.1 Å². The second-order valence-corrected chi connectivity index (χ2v) is 6.89. The minimum absolute atomic E-state index is 0.0187. The lowest BCUT2D eigenvalue weighted by molar-refractivity contribution is -0.123. The van der Waals surface area contributed by atoms with Crippen molar-refractivity contribution in [2.45, 2.75) is 31.2 Å². The van der Waals surface area contributed by atoms with Gasteiger partial charge in [-0.25, -0.2) is 9.97 Å². The monoisotopic (exact) mass is 338 g/mol. The summed E-state index contributed by atoms with van der Waals surface area (Å²) in [5, 5.41) is 12.8. The first-order valence-electron chi connectivity index (χ1n) is 8.82. The van der Waals surface area contributed by atoms with Crippen LogP contribution >= 0.6 is 0 Å². The van der Waals surface area contributed by atoms with Gasteiger partial charge in [0.25, 0.3) is 0 Å². The van der Waals surface area contributed by atoms with E-state index in [1.54, 1.807) is 30.6 Å². The molecule has 6 nitrogen and oxygen atoms in total. The van der Waals surface area contributed by atoms with Crippen molar-refractivity contribution < 1.29 is 9.90 Å². The number of anilines is 1. The number of nitrogens with one attached hydrogen (secondary N) is 1. The molecule has 1 saturated carbocycles. The molecule has 1 aromatic carbocycles. The Morgan fingerprint density at radius 1 is 1.24 bits per heavy atom. The fourth-order valence-corrected chi connectivity index (χ4v) is 3.65. The van der Waals surface area contributed by atoms with Gasteiger partial charge in [-0.2, -0.15) is 0 Å². The fourth-order valence-electron chi connectivity index (χ4n) is 3.65. The van der Waals surface area contributed by atoms with E-state index in [0.29, 0.717) is 0 Å². The van der Waals surface area contributed by atoms with E-state index in [1.807, 2.05) is 12.1 Å². The predicted octanol–water partition coefficient (Wildman–Crippen LogP) is 2.07. The predicted molar refractivity (Wildman–Crippen MR) is 94.4 cm³/mol. The molecule has 6 heteroatoms. The van der Waals surface area contributed by atoms with Crippen LogP contribution in [0.5, 0.6) is 5.75 Å². The van der Waals surface area contributed by atoms with E-state index in [2.05, 4.69) is 20.2 Å². The maximum atomic E-state index is 12.6. The van der Waals surface area contributed by atoms with Crippen LogP contribution in [0.4, 0.5) is 5.95 Å². The number of carbonyl (C=O) groups excluding carboxylic acids is 1. The van der Waals surface area contributed by atoms with E-state index in [4.69, 9.17) is 0 Å². The number of amides is 1. The molecule has 1 aliphatic heterocycles. The molecule has 2 fully saturated rings. The van der Waals surface area contributed by atoms with Crippen LogP contribution in [0.3, 0.4) is 0 Å². The van der Waals surface area contributed by atoms with Crippen LogP contribution < -0.4 is 10.2 Å².